The highest BCUT2D eigenvalue weighted by atomic mass is 35.5. The number of guanidine groups is 1. The fourth-order valence-corrected chi connectivity index (χ4v) is 3.14. The number of aromatic nitrogens is 2. The smallest absolute Gasteiger partial charge is 0.246 e. The fourth-order valence-electron chi connectivity index (χ4n) is 3.01. The van der Waals surface area contributed by atoms with E-state index in [0.29, 0.717) is 43.8 Å². The predicted molar refractivity (Wildman–Crippen MR) is 110 cm³/mol. The van der Waals surface area contributed by atoms with Crippen LogP contribution < -0.4 is 10.2 Å². The van der Waals surface area contributed by atoms with Gasteiger partial charge in [0.05, 0.1) is 25.1 Å². The molecular weight excluding hydrogens is 380 g/mol. The zero-order valence-corrected chi connectivity index (χ0v) is 16.9. The number of carbonyl (C=O) groups is 1. The van der Waals surface area contributed by atoms with E-state index in [0.717, 1.165) is 11.3 Å². The molecule has 0 atom stereocenters. The Morgan fingerprint density at radius 3 is 2.75 bits per heavy atom. The molecule has 150 valence electrons. The summed E-state index contributed by atoms with van der Waals surface area (Å²) in [4.78, 5) is 20.5. The number of nitrogens with zero attached hydrogens (tertiary/aromatic N) is 5. The molecule has 9 heteroatoms. The summed E-state index contributed by atoms with van der Waals surface area (Å²) in [6, 6.07) is 7.59. The summed E-state index contributed by atoms with van der Waals surface area (Å²) in [5, 5.41) is 8.10. The summed E-state index contributed by atoms with van der Waals surface area (Å²) in [6.07, 6.45) is 3.55. The van der Waals surface area contributed by atoms with E-state index in [9.17, 15) is 4.79 Å². The first kappa shape index (κ1) is 20.2. The van der Waals surface area contributed by atoms with Crippen molar-refractivity contribution < 1.29 is 9.53 Å². The Hall–Kier alpha value is -2.58. The first-order chi connectivity index (χ1) is 13.6. The standard InChI is InChI=1S/C19H25ClN6O2/c1-21-19(22-7-10-28-14-15-3-5-16(20)6-4-15)25-8-9-26(18(27)13-25)17-11-23-24(2)12-17/h3-6,11-12H,7-10,13-14H2,1-2H3,(H,21,22). The maximum absolute atomic E-state index is 12.5. The first-order valence-electron chi connectivity index (χ1n) is 9.13. The Balaban J connectivity index is 1.41. The molecule has 1 fully saturated rings. The molecule has 2 heterocycles. The molecule has 1 amide bonds. The monoisotopic (exact) mass is 404 g/mol. The Morgan fingerprint density at radius 2 is 2.11 bits per heavy atom. The lowest BCUT2D eigenvalue weighted by Crippen LogP contribution is -2.55. The molecule has 1 aromatic carbocycles. The van der Waals surface area contributed by atoms with Crippen LogP contribution in [0.15, 0.2) is 41.7 Å². The average molecular weight is 405 g/mol. The summed E-state index contributed by atoms with van der Waals surface area (Å²) >= 11 is 5.88. The van der Waals surface area contributed by atoms with Crippen LogP contribution >= 0.6 is 11.6 Å². The molecule has 1 N–H and O–H groups in total. The van der Waals surface area contributed by atoms with E-state index in [2.05, 4.69) is 15.4 Å². The number of aryl methyl sites for hydroxylation is 1. The van der Waals surface area contributed by atoms with E-state index in [4.69, 9.17) is 16.3 Å². The number of anilines is 1. The Labute approximate surface area is 169 Å². The van der Waals surface area contributed by atoms with Gasteiger partial charge in [-0.1, -0.05) is 23.7 Å². The maximum Gasteiger partial charge on any atom is 0.246 e. The molecule has 0 spiro atoms. The molecule has 8 nitrogen and oxygen atoms in total. The third kappa shape index (κ3) is 5.24. The van der Waals surface area contributed by atoms with Crippen molar-refractivity contribution in [2.75, 3.05) is 44.7 Å². The van der Waals surface area contributed by atoms with Gasteiger partial charge in [0, 0.05) is 44.9 Å². The summed E-state index contributed by atoms with van der Waals surface area (Å²) in [7, 11) is 3.56. The third-order valence-electron chi connectivity index (χ3n) is 4.45. The second kappa shape index (κ2) is 9.57. The minimum atomic E-state index is 0.0289. The Bertz CT molecular complexity index is 820. The van der Waals surface area contributed by atoms with Crippen LogP contribution in [-0.4, -0.2) is 66.4 Å². The van der Waals surface area contributed by atoms with E-state index < -0.39 is 0 Å². The number of ether oxygens (including phenoxy) is 1. The van der Waals surface area contributed by atoms with Gasteiger partial charge in [-0.05, 0) is 17.7 Å². The van der Waals surface area contributed by atoms with Gasteiger partial charge < -0.3 is 19.9 Å². The van der Waals surface area contributed by atoms with Gasteiger partial charge in [0.25, 0.3) is 0 Å². The molecule has 0 radical (unpaired) electrons. The second-order valence-corrected chi connectivity index (χ2v) is 6.93. The van der Waals surface area contributed by atoms with Crippen molar-refractivity contribution in [1.82, 2.24) is 20.0 Å². The number of nitrogens with one attached hydrogen (secondary N) is 1. The minimum absolute atomic E-state index is 0.0289. The molecule has 28 heavy (non-hydrogen) atoms. The second-order valence-electron chi connectivity index (χ2n) is 6.49. The largest absolute Gasteiger partial charge is 0.375 e. The number of piperazine rings is 1. The molecule has 0 bridgehead atoms. The Kier molecular flexibility index (Phi) is 6.89. The SMILES string of the molecule is CN=C(NCCOCc1ccc(Cl)cc1)N1CCN(c2cnn(C)c2)C(=O)C1. The quantitative estimate of drug-likeness (QED) is 0.449. The fraction of sp³-hybridized carbons (Fsp3) is 0.421. The van der Waals surface area contributed by atoms with Crippen LogP contribution in [0.1, 0.15) is 5.56 Å². The normalized spacial score (nSPS) is 15.2. The lowest BCUT2D eigenvalue weighted by molar-refractivity contribution is -0.120. The maximum atomic E-state index is 12.5. The number of halogens is 1. The number of rotatable bonds is 6. The molecule has 3 rings (SSSR count). The van der Waals surface area contributed by atoms with Crippen LogP contribution in [0.5, 0.6) is 0 Å². The number of benzene rings is 1. The Morgan fingerprint density at radius 1 is 1.32 bits per heavy atom. The zero-order valence-electron chi connectivity index (χ0n) is 16.1. The van der Waals surface area contributed by atoms with Crippen LogP contribution in [0.4, 0.5) is 5.69 Å². The molecule has 0 saturated carbocycles. The molecular formula is C19H25ClN6O2. The lowest BCUT2D eigenvalue weighted by Gasteiger charge is -2.35. The van der Waals surface area contributed by atoms with Crippen molar-refractivity contribution in [2.24, 2.45) is 12.0 Å². The predicted octanol–water partition coefficient (Wildman–Crippen LogP) is 1.51. The van der Waals surface area contributed by atoms with Gasteiger partial charge >= 0.3 is 0 Å². The number of hydrogen-bond donors (Lipinski definition) is 1. The summed E-state index contributed by atoms with van der Waals surface area (Å²) in [5.41, 5.74) is 1.90. The topological polar surface area (TPSA) is 75.0 Å². The van der Waals surface area contributed by atoms with Gasteiger partial charge in [0.2, 0.25) is 5.91 Å². The number of aliphatic imine (C=N–C) groups is 1. The van der Waals surface area contributed by atoms with E-state index in [-0.39, 0.29) is 12.5 Å². The summed E-state index contributed by atoms with van der Waals surface area (Å²) < 4.78 is 7.37. The van der Waals surface area contributed by atoms with Crippen molar-refractivity contribution in [2.45, 2.75) is 6.61 Å². The van der Waals surface area contributed by atoms with Crippen molar-refractivity contribution in [3.63, 3.8) is 0 Å². The first-order valence-corrected chi connectivity index (χ1v) is 9.51. The van der Waals surface area contributed by atoms with Gasteiger partial charge in [-0.2, -0.15) is 5.10 Å². The molecule has 1 aromatic heterocycles. The van der Waals surface area contributed by atoms with Crippen LogP contribution in [0.2, 0.25) is 5.02 Å². The van der Waals surface area contributed by atoms with Crippen molar-refractivity contribution in [1.29, 1.82) is 0 Å². The molecule has 0 aliphatic carbocycles. The van der Waals surface area contributed by atoms with Gasteiger partial charge in [0.1, 0.15) is 6.54 Å². The van der Waals surface area contributed by atoms with E-state index in [1.807, 2.05) is 42.4 Å². The minimum Gasteiger partial charge on any atom is -0.375 e. The number of carbonyl (C=O) groups excluding carboxylic acids is 1. The zero-order chi connectivity index (χ0) is 19.9. The number of hydrogen-bond acceptors (Lipinski definition) is 4. The van der Waals surface area contributed by atoms with Crippen LogP contribution in [0, 0.1) is 0 Å². The molecule has 1 aliphatic heterocycles. The van der Waals surface area contributed by atoms with E-state index >= 15 is 0 Å². The molecule has 1 aliphatic rings. The van der Waals surface area contributed by atoms with E-state index in [1.54, 1.807) is 22.8 Å². The van der Waals surface area contributed by atoms with Crippen molar-refractivity contribution in [3.8, 4) is 0 Å². The highest BCUT2D eigenvalue weighted by Crippen LogP contribution is 2.16. The highest BCUT2D eigenvalue weighted by molar-refractivity contribution is 6.30. The van der Waals surface area contributed by atoms with Crippen LogP contribution in [-0.2, 0) is 23.2 Å². The molecule has 0 unspecified atom stereocenters. The molecule has 2 aromatic rings. The van der Waals surface area contributed by atoms with Gasteiger partial charge in [0.15, 0.2) is 5.96 Å². The average Bonchev–Trinajstić information content (AvgIpc) is 3.12. The van der Waals surface area contributed by atoms with Crippen molar-refractivity contribution >= 4 is 29.2 Å². The van der Waals surface area contributed by atoms with Gasteiger partial charge in [-0.3, -0.25) is 14.5 Å². The molecule has 1 saturated heterocycles. The van der Waals surface area contributed by atoms with Crippen LogP contribution in [0.3, 0.4) is 0 Å². The highest BCUT2D eigenvalue weighted by Gasteiger charge is 2.27. The lowest BCUT2D eigenvalue weighted by atomic mass is 10.2. The van der Waals surface area contributed by atoms with E-state index in [1.165, 1.54) is 0 Å². The van der Waals surface area contributed by atoms with Gasteiger partial charge in [-0.25, -0.2) is 0 Å². The van der Waals surface area contributed by atoms with Gasteiger partial charge in [-0.15, -0.1) is 0 Å². The van der Waals surface area contributed by atoms with Crippen LogP contribution in [0.25, 0.3) is 0 Å². The number of amides is 1. The third-order valence-corrected chi connectivity index (χ3v) is 4.70. The van der Waals surface area contributed by atoms with Crippen molar-refractivity contribution in [3.05, 3.63) is 47.2 Å². The summed E-state index contributed by atoms with van der Waals surface area (Å²) in [5.74, 6) is 0.732. The summed E-state index contributed by atoms with van der Waals surface area (Å²) in [6.45, 7) is 3.24.